The van der Waals surface area contributed by atoms with E-state index < -0.39 is 10.0 Å². The van der Waals surface area contributed by atoms with E-state index in [0.717, 1.165) is 16.5 Å². The van der Waals surface area contributed by atoms with Gasteiger partial charge in [0.25, 0.3) is 5.91 Å². The van der Waals surface area contributed by atoms with Crippen molar-refractivity contribution in [2.75, 3.05) is 26.2 Å². The van der Waals surface area contributed by atoms with Crippen molar-refractivity contribution in [3.05, 3.63) is 72.3 Å². The van der Waals surface area contributed by atoms with E-state index >= 15 is 0 Å². The topological polar surface area (TPSA) is 66.9 Å². The van der Waals surface area contributed by atoms with E-state index in [1.165, 1.54) is 4.31 Å². The van der Waals surface area contributed by atoms with Crippen molar-refractivity contribution in [2.24, 2.45) is 0 Å². The SMILES string of the molecule is CC(C)Oc1ccc(C(=O)N2CCN(S(=O)(=O)c3ccc4ccccc4c3)CC2)cc1. The molecule has 0 unspecified atom stereocenters. The van der Waals surface area contributed by atoms with Crippen LogP contribution in [0.1, 0.15) is 24.2 Å². The minimum atomic E-state index is -3.61. The molecule has 162 valence electrons. The summed E-state index contributed by atoms with van der Waals surface area (Å²) >= 11 is 0. The number of sulfonamides is 1. The molecule has 3 aromatic carbocycles. The van der Waals surface area contributed by atoms with Gasteiger partial charge >= 0.3 is 0 Å². The second kappa shape index (κ2) is 8.69. The molecule has 1 fully saturated rings. The van der Waals surface area contributed by atoms with Crippen molar-refractivity contribution >= 4 is 26.7 Å². The van der Waals surface area contributed by atoms with Gasteiger partial charge in [-0.25, -0.2) is 8.42 Å². The predicted molar refractivity (Wildman–Crippen MR) is 121 cm³/mol. The first-order valence-electron chi connectivity index (χ1n) is 10.4. The van der Waals surface area contributed by atoms with Gasteiger partial charge in [0.15, 0.2) is 0 Å². The summed E-state index contributed by atoms with van der Waals surface area (Å²) in [5.41, 5.74) is 0.571. The minimum absolute atomic E-state index is 0.0687. The number of fused-ring (bicyclic) bond motifs is 1. The van der Waals surface area contributed by atoms with Crippen LogP contribution in [-0.2, 0) is 10.0 Å². The summed E-state index contributed by atoms with van der Waals surface area (Å²) < 4.78 is 33.3. The molecule has 0 saturated carbocycles. The molecule has 1 aliphatic heterocycles. The zero-order valence-electron chi connectivity index (χ0n) is 17.7. The largest absolute Gasteiger partial charge is 0.491 e. The molecule has 3 aromatic rings. The molecule has 6 nitrogen and oxygen atoms in total. The van der Waals surface area contributed by atoms with Crippen molar-refractivity contribution in [1.29, 1.82) is 0 Å². The number of carbonyl (C=O) groups is 1. The smallest absolute Gasteiger partial charge is 0.253 e. The molecule has 0 bridgehead atoms. The summed E-state index contributed by atoms with van der Waals surface area (Å²) in [6.07, 6.45) is 0.0687. The van der Waals surface area contributed by atoms with Crippen molar-refractivity contribution in [3.8, 4) is 5.75 Å². The van der Waals surface area contributed by atoms with Gasteiger partial charge in [-0.1, -0.05) is 30.3 Å². The monoisotopic (exact) mass is 438 g/mol. The van der Waals surface area contributed by atoms with Gasteiger partial charge in [-0.3, -0.25) is 4.79 Å². The quantitative estimate of drug-likeness (QED) is 0.608. The maximum Gasteiger partial charge on any atom is 0.253 e. The molecule has 1 aliphatic rings. The Hall–Kier alpha value is -2.90. The van der Waals surface area contributed by atoms with Crippen LogP contribution < -0.4 is 4.74 Å². The Morgan fingerprint density at radius 2 is 1.52 bits per heavy atom. The molecule has 4 rings (SSSR count). The standard InChI is InChI=1S/C24H26N2O4S/c1-18(2)30-22-10-7-20(8-11-22)24(27)25-13-15-26(16-14-25)31(28,29)23-12-9-19-5-3-4-6-21(19)17-23/h3-12,17-18H,13-16H2,1-2H3. The average molecular weight is 439 g/mol. The first-order chi connectivity index (χ1) is 14.8. The van der Waals surface area contributed by atoms with Crippen LogP contribution in [0, 0.1) is 0 Å². The summed E-state index contributed by atoms with van der Waals surface area (Å²) in [4.78, 5) is 14.8. The summed E-state index contributed by atoms with van der Waals surface area (Å²) in [6, 6.07) is 19.9. The van der Waals surface area contributed by atoms with Gasteiger partial charge in [-0.15, -0.1) is 0 Å². The number of benzene rings is 3. The summed E-state index contributed by atoms with van der Waals surface area (Å²) in [5.74, 6) is 0.622. The Bertz CT molecular complexity index is 1180. The average Bonchev–Trinajstić information content (AvgIpc) is 2.78. The third-order valence-corrected chi connectivity index (χ3v) is 7.25. The van der Waals surface area contributed by atoms with Gasteiger partial charge in [0.05, 0.1) is 11.0 Å². The molecule has 0 aromatic heterocycles. The second-order valence-corrected chi connectivity index (χ2v) is 9.83. The molecule has 0 radical (unpaired) electrons. The third-order valence-electron chi connectivity index (χ3n) is 5.36. The Balaban J connectivity index is 1.43. The third kappa shape index (κ3) is 4.57. The van der Waals surface area contributed by atoms with E-state index in [2.05, 4.69) is 0 Å². The number of hydrogen-bond acceptors (Lipinski definition) is 4. The van der Waals surface area contributed by atoms with E-state index in [4.69, 9.17) is 4.74 Å². The van der Waals surface area contributed by atoms with Crippen LogP contribution in [0.25, 0.3) is 10.8 Å². The van der Waals surface area contributed by atoms with Gasteiger partial charge < -0.3 is 9.64 Å². The number of piperazine rings is 1. The zero-order valence-corrected chi connectivity index (χ0v) is 18.5. The fourth-order valence-electron chi connectivity index (χ4n) is 3.74. The Morgan fingerprint density at radius 3 is 2.16 bits per heavy atom. The molecule has 1 saturated heterocycles. The maximum atomic E-state index is 13.1. The van der Waals surface area contributed by atoms with Crippen molar-refractivity contribution < 1.29 is 17.9 Å². The number of ether oxygens (including phenoxy) is 1. The molecule has 0 aliphatic carbocycles. The van der Waals surface area contributed by atoms with Crippen LogP contribution in [0.15, 0.2) is 71.6 Å². The summed E-state index contributed by atoms with van der Waals surface area (Å²) in [7, 11) is -3.61. The summed E-state index contributed by atoms with van der Waals surface area (Å²) in [6.45, 7) is 5.16. The normalized spacial score (nSPS) is 15.4. The van der Waals surface area contributed by atoms with Crippen LogP contribution in [0.5, 0.6) is 5.75 Å². The molecule has 7 heteroatoms. The second-order valence-electron chi connectivity index (χ2n) is 7.90. The number of amides is 1. The highest BCUT2D eigenvalue weighted by Crippen LogP contribution is 2.23. The van der Waals surface area contributed by atoms with E-state index in [1.54, 1.807) is 41.3 Å². The van der Waals surface area contributed by atoms with Crippen LogP contribution in [0.4, 0.5) is 0 Å². The lowest BCUT2D eigenvalue weighted by atomic mass is 10.1. The highest BCUT2D eigenvalue weighted by Gasteiger charge is 2.30. The van der Waals surface area contributed by atoms with Crippen LogP contribution in [0.3, 0.4) is 0 Å². The number of hydrogen-bond donors (Lipinski definition) is 0. The maximum absolute atomic E-state index is 13.1. The van der Waals surface area contributed by atoms with E-state index in [1.807, 2.05) is 44.2 Å². The van der Waals surface area contributed by atoms with E-state index in [-0.39, 0.29) is 30.0 Å². The Morgan fingerprint density at radius 1 is 0.871 bits per heavy atom. The molecule has 0 atom stereocenters. The number of carbonyl (C=O) groups excluding carboxylic acids is 1. The van der Waals surface area contributed by atoms with Gasteiger partial charge in [-0.05, 0) is 61.0 Å². The Labute approximate surface area is 183 Å². The molecule has 1 heterocycles. The molecule has 0 spiro atoms. The first kappa shape index (κ1) is 21.3. The van der Waals surface area contributed by atoms with Gasteiger partial charge in [0, 0.05) is 31.7 Å². The fourth-order valence-corrected chi connectivity index (χ4v) is 5.20. The fraction of sp³-hybridized carbons (Fsp3) is 0.292. The van der Waals surface area contributed by atoms with Crippen LogP contribution in [0.2, 0.25) is 0 Å². The zero-order chi connectivity index (χ0) is 22.0. The van der Waals surface area contributed by atoms with Gasteiger partial charge in [-0.2, -0.15) is 4.31 Å². The lowest BCUT2D eigenvalue weighted by molar-refractivity contribution is 0.0698. The number of rotatable bonds is 5. The molecule has 0 N–H and O–H groups in total. The van der Waals surface area contributed by atoms with Crippen molar-refractivity contribution in [2.45, 2.75) is 24.8 Å². The number of nitrogens with zero attached hydrogens (tertiary/aromatic N) is 2. The Kier molecular flexibility index (Phi) is 5.98. The van der Waals surface area contributed by atoms with E-state index in [9.17, 15) is 13.2 Å². The highest BCUT2D eigenvalue weighted by atomic mass is 32.2. The van der Waals surface area contributed by atoms with Crippen LogP contribution in [-0.4, -0.2) is 55.8 Å². The van der Waals surface area contributed by atoms with E-state index in [0.29, 0.717) is 18.7 Å². The lowest BCUT2D eigenvalue weighted by Gasteiger charge is -2.34. The predicted octanol–water partition coefficient (Wildman–Crippen LogP) is 3.77. The minimum Gasteiger partial charge on any atom is -0.491 e. The lowest BCUT2D eigenvalue weighted by Crippen LogP contribution is -2.50. The summed E-state index contributed by atoms with van der Waals surface area (Å²) in [5, 5.41) is 1.89. The molecular formula is C24H26N2O4S. The van der Waals surface area contributed by atoms with Crippen LogP contribution >= 0.6 is 0 Å². The first-order valence-corrected chi connectivity index (χ1v) is 11.8. The van der Waals surface area contributed by atoms with Crippen molar-refractivity contribution in [3.63, 3.8) is 0 Å². The molecular weight excluding hydrogens is 412 g/mol. The van der Waals surface area contributed by atoms with Gasteiger partial charge in [0.1, 0.15) is 5.75 Å². The van der Waals surface area contributed by atoms with Gasteiger partial charge in [0.2, 0.25) is 10.0 Å². The molecule has 31 heavy (non-hydrogen) atoms. The van der Waals surface area contributed by atoms with Crippen molar-refractivity contribution in [1.82, 2.24) is 9.21 Å². The molecule has 1 amide bonds. The highest BCUT2D eigenvalue weighted by molar-refractivity contribution is 7.89.